The molecule has 0 N–H and O–H groups in total. The number of ether oxygens (including phenoxy) is 2. The molecule has 2 amide bonds. The van der Waals surface area contributed by atoms with Gasteiger partial charge in [0.1, 0.15) is 0 Å². The number of alkyl halides is 2. The number of benzene rings is 2. The van der Waals surface area contributed by atoms with Crippen LogP contribution in [0.15, 0.2) is 41.3 Å². The maximum atomic E-state index is 12.6. The van der Waals surface area contributed by atoms with E-state index in [1.165, 1.54) is 31.4 Å². The summed E-state index contributed by atoms with van der Waals surface area (Å²) in [5.41, 5.74) is 1.14. The van der Waals surface area contributed by atoms with Crippen molar-refractivity contribution >= 4 is 52.2 Å². The Kier molecular flexibility index (Phi) is 6.66. The van der Waals surface area contributed by atoms with Crippen LogP contribution < -0.4 is 9.47 Å². The fourth-order valence-corrected chi connectivity index (χ4v) is 3.73. The summed E-state index contributed by atoms with van der Waals surface area (Å²) in [5.74, 6) is -0.528. The van der Waals surface area contributed by atoms with Gasteiger partial charge in [-0.1, -0.05) is 35.3 Å². The highest BCUT2D eigenvalue weighted by Crippen LogP contribution is 2.36. The molecule has 0 saturated carbocycles. The first-order chi connectivity index (χ1) is 13.8. The normalized spacial score (nSPS) is 15.5. The summed E-state index contributed by atoms with van der Waals surface area (Å²) in [5, 5.41) is 0.263. The number of hydrogen-bond acceptors (Lipinski definition) is 5. The van der Waals surface area contributed by atoms with E-state index in [1.54, 1.807) is 18.2 Å². The van der Waals surface area contributed by atoms with E-state index in [4.69, 9.17) is 27.9 Å². The van der Waals surface area contributed by atoms with Crippen LogP contribution >= 0.6 is 35.0 Å². The molecule has 29 heavy (non-hydrogen) atoms. The molecular formula is C19H13Cl2F2NO4S. The van der Waals surface area contributed by atoms with E-state index >= 15 is 0 Å². The lowest BCUT2D eigenvalue weighted by Gasteiger charge is -2.13. The third kappa shape index (κ3) is 5.01. The van der Waals surface area contributed by atoms with E-state index in [-0.39, 0.29) is 22.9 Å². The van der Waals surface area contributed by atoms with Crippen LogP contribution in [0, 0.1) is 0 Å². The molecule has 0 radical (unpaired) electrons. The molecule has 0 atom stereocenters. The Labute approximate surface area is 179 Å². The van der Waals surface area contributed by atoms with Crippen molar-refractivity contribution in [1.29, 1.82) is 0 Å². The molecule has 1 fully saturated rings. The zero-order valence-corrected chi connectivity index (χ0v) is 17.2. The topological polar surface area (TPSA) is 55.8 Å². The van der Waals surface area contributed by atoms with Gasteiger partial charge in [-0.05, 0) is 53.2 Å². The lowest BCUT2D eigenvalue weighted by molar-refractivity contribution is -0.123. The van der Waals surface area contributed by atoms with Crippen molar-refractivity contribution in [1.82, 2.24) is 4.90 Å². The summed E-state index contributed by atoms with van der Waals surface area (Å²) >= 11 is 12.6. The van der Waals surface area contributed by atoms with Crippen molar-refractivity contribution in [3.63, 3.8) is 0 Å². The van der Waals surface area contributed by atoms with E-state index < -0.39 is 17.8 Å². The van der Waals surface area contributed by atoms with Crippen LogP contribution in [0.3, 0.4) is 0 Å². The zero-order valence-electron chi connectivity index (χ0n) is 14.8. The Bertz CT molecular complexity index is 1000. The summed E-state index contributed by atoms with van der Waals surface area (Å²) in [7, 11) is 1.31. The van der Waals surface area contributed by atoms with Crippen molar-refractivity contribution in [3.8, 4) is 11.5 Å². The summed E-state index contributed by atoms with van der Waals surface area (Å²) in [4.78, 5) is 26.2. The second-order valence-corrected chi connectivity index (χ2v) is 7.61. The predicted octanol–water partition coefficient (Wildman–Crippen LogP) is 5.84. The fraction of sp³-hybridized carbons (Fsp3) is 0.158. The molecular weight excluding hydrogens is 447 g/mol. The highest BCUT2D eigenvalue weighted by Gasteiger charge is 2.35. The molecule has 152 valence electrons. The van der Waals surface area contributed by atoms with Gasteiger partial charge < -0.3 is 9.47 Å². The summed E-state index contributed by atoms with van der Waals surface area (Å²) in [6, 6.07) is 9.06. The lowest BCUT2D eigenvalue weighted by atomic mass is 10.1. The average molecular weight is 460 g/mol. The minimum absolute atomic E-state index is 0.0450. The van der Waals surface area contributed by atoms with E-state index in [2.05, 4.69) is 4.74 Å². The first-order valence-electron chi connectivity index (χ1n) is 8.10. The van der Waals surface area contributed by atoms with Crippen molar-refractivity contribution < 1.29 is 27.8 Å². The third-order valence-electron chi connectivity index (χ3n) is 3.90. The summed E-state index contributed by atoms with van der Waals surface area (Å²) in [6.07, 6.45) is 1.48. The van der Waals surface area contributed by atoms with Gasteiger partial charge in [0.05, 0.1) is 28.6 Å². The average Bonchev–Trinajstić information content (AvgIpc) is 2.93. The van der Waals surface area contributed by atoms with Crippen LogP contribution in [0.4, 0.5) is 13.6 Å². The van der Waals surface area contributed by atoms with Crippen LogP contribution in [-0.2, 0) is 11.3 Å². The molecule has 0 aromatic heterocycles. The SMILES string of the molecule is COc1cc(/C=C2\SC(=O)N(Cc3ccc(Cl)c(Cl)c3)C2=O)ccc1OC(F)F. The van der Waals surface area contributed by atoms with Gasteiger partial charge in [0.25, 0.3) is 11.1 Å². The minimum Gasteiger partial charge on any atom is -0.493 e. The Morgan fingerprint density at radius 2 is 1.86 bits per heavy atom. The van der Waals surface area contributed by atoms with Gasteiger partial charge in [0.2, 0.25) is 0 Å². The van der Waals surface area contributed by atoms with Crippen molar-refractivity contribution in [2.75, 3.05) is 7.11 Å². The molecule has 1 aliphatic rings. The standard InChI is InChI=1S/C19H13Cl2F2NO4S/c1-27-15-7-10(3-5-14(15)28-18(22)23)8-16-17(25)24(19(26)29-16)9-11-2-4-12(20)13(21)6-11/h2-8,18H,9H2,1H3/b16-8-. The zero-order chi connectivity index (χ0) is 21.1. The maximum Gasteiger partial charge on any atom is 0.387 e. The Morgan fingerprint density at radius 1 is 1.10 bits per heavy atom. The largest absolute Gasteiger partial charge is 0.493 e. The molecule has 0 spiro atoms. The monoisotopic (exact) mass is 459 g/mol. The first kappa shape index (κ1) is 21.4. The van der Waals surface area contributed by atoms with Gasteiger partial charge in [0, 0.05) is 0 Å². The molecule has 5 nitrogen and oxygen atoms in total. The minimum atomic E-state index is -2.99. The number of rotatable bonds is 6. The number of carbonyl (C=O) groups excluding carboxylic acids is 2. The van der Waals surface area contributed by atoms with Gasteiger partial charge >= 0.3 is 6.61 Å². The molecule has 1 saturated heterocycles. The van der Waals surface area contributed by atoms with Gasteiger partial charge in [0.15, 0.2) is 11.5 Å². The molecule has 0 aliphatic carbocycles. The van der Waals surface area contributed by atoms with E-state index in [0.29, 0.717) is 21.2 Å². The maximum absolute atomic E-state index is 12.6. The predicted molar refractivity (Wildman–Crippen MR) is 108 cm³/mol. The second-order valence-electron chi connectivity index (χ2n) is 5.81. The second kappa shape index (κ2) is 9.02. The van der Waals surface area contributed by atoms with Gasteiger partial charge in [-0.3, -0.25) is 14.5 Å². The quantitative estimate of drug-likeness (QED) is 0.507. The number of thioether (sulfide) groups is 1. The molecule has 1 heterocycles. The van der Waals surface area contributed by atoms with Crippen molar-refractivity contribution in [2.45, 2.75) is 13.2 Å². The highest BCUT2D eigenvalue weighted by atomic mass is 35.5. The van der Waals surface area contributed by atoms with Crippen LogP contribution in [0.25, 0.3) is 6.08 Å². The number of hydrogen-bond donors (Lipinski definition) is 0. The third-order valence-corrected chi connectivity index (χ3v) is 5.55. The van der Waals surface area contributed by atoms with Crippen LogP contribution in [0.2, 0.25) is 10.0 Å². The van der Waals surface area contributed by atoms with Gasteiger partial charge in [-0.25, -0.2) is 0 Å². The Hall–Kier alpha value is -2.29. The number of halogens is 4. The van der Waals surface area contributed by atoms with E-state index in [9.17, 15) is 18.4 Å². The Morgan fingerprint density at radius 3 is 2.52 bits per heavy atom. The molecule has 1 aliphatic heterocycles. The molecule has 10 heteroatoms. The first-order valence-corrected chi connectivity index (χ1v) is 9.68. The lowest BCUT2D eigenvalue weighted by Crippen LogP contribution is -2.27. The van der Waals surface area contributed by atoms with Crippen LogP contribution in [-0.4, -0.2) is 29.8 Å². The van der Waals surface area contributed by atoms with E-state index in [0.717, 1.165) is 16.7 Å². The van der Waals surface area contributed by atoms with Gasteiger partial charge in [-0.15, -0.1) is 0 Å². The fourth-order valence-electron chi connectivity index (χ4n) is 2.58. The number of carbonyl (C=O) groups is 2. The van der Waals surface area contributed by atoms with Gasteiger partial charge in [-0.2, -0.15) is 8.78 Å². The molecule has 0 unspecified atom stereocenters. The number of methoxy groups -OCH3 is 1. The van der Waals surface area contributed by atoms with Crippen LogP contribution in [0.5, 0.6) is 11.5 Å². The molecule has 2 aromatic rings. The number of imide groups is 1. The summed E-state index contributed by atoms with van der Waals surface area (Å²) < 4.78 is 34.3. The Balaban J connectivity index is 1.81. The van der Waals surface area contributed by atoms with E-state index in [1.807, 2.05) is 0 Å². The highest BCUT2D eigenvalue weighted by molar-refractivity contribution is 8.18. The van der Waals surface area contributed by atoms with Crippen molar-refractivity contribution in [3.05, 3.63) is 62.5 Å². The summed E-state index contributed by atoms with van der Waals surface area (Å²) in [6.45, 7) is -2.95. The smallest absolute Gasteiger partial charge is 0.387 e. The van der Waals surface area contributed by atoms with Crippen molar-refractivity contribution in [2.24, 2.45) is 0 Å². The number of nitrogens with zero attached hydrogens (tertiary/aromatic N) is 1. The van der Waals surface area contributed by atoms with Crippen LogP contribution in [0.1, 0.15) is 11.1 Å². The number of amides is 2. The molecule has 0 bridgehead atoms. The molecule has 2 aromatic carbocycles. The molecule has 3 rings (SSSR count).